The van der Waals surface area contributed by atoms with Crippen molar-refractivity contribution < 1.29 is 0 Å². The van der Waals surface area contributed by atoms with E-state index in [0.29, 0.717) is 0 Å². The zero-order valence-electron chi connectivity index (χ0n) is 8.98. The van der Waals surface area contributed by atoms with E-state index in [-0.39, 0.29) is 11.1 Å². The van der Waals surface area contributed by atoms with E-state index in [1.165, 1.54) is 0 Å². The molecule has 1 aliphatic rings. The summed E-state index contributed by atoms with van der Waals surface area (Å²) in [4.78, 5) is 11.6. The number of nitrogens with one attached hydrogen (secondary N) is 2. The lowest BCUT2D eigenvalue weighted by Crippen LogP contribution is -2.31. The zero-order chi connectivity index (χ0) is 10.3. The summed E-state index contributed by atoms with van der Waals surface area (Å²) >= 11 is 0. The number of aromatic nitrogens is 2. The number of nitrogens with zero attached hydrogens (tertiary/aromatic N) is 1. The molecule has 14 heavy (non-hydrogen) atoms. The number of aromatic amines is 1. The van der Waals surface area contributed by atoms with Crippen LogP contribution in [0.2, 0.25) is 0 Å². The van der Waals surface area contributed by atoms with Crippen molar-refractivity contribution in [2.45, 2.75) is 39.3 Å². The van der Waals surface area contributed by atoms with Crippen molar-refractivity contribution >= 4 is 0 Å². The van der Waals surface area contributed by atoms with Gasteiger partial charge in [-0.05, 0) is 33.7 Å². The lowest BCUT2D eigenvalue weighted by atomic mass is 10.1. The van der Waals surface area contributed by atoms with Crippen LogP contribution in [0, 0.1) is 0 Å². The third kappa shape index (κ3) is 1.39. The Labute approximate surface area is 83.3 Å². The van der Waals surface area contributed by atoms with E-state index in [0.717, 1.165) is 30.8 Å². The van der Waals surface area contributed by atoms with Crippen molar-refractivity contribution in [3.05, 3.63) is 21.6 Å². The summed E-state index contributed by atoms with van der Waals surface area (Å²) in [6, 6.07) is 0. The molecule has 4 heteroatoms. The molecule has 0 fully saturated rings. The average Bonchev–Trinajstić information content (AvgIpc) is 2.44. The van der Waals surface area contributed by atoms with E-state index in [1.807, 2.05) is 4.68 Å². The van der Waals surface area contributed by atoms with Crippen molar-refractivity contribution in [1.82, 2.24) is 15.1 Å². The van der Waals surface area contributed by atoms with E-state index in [1.54, 1.807) is 0 Å². The van der Waals surface area contributed by atoms with E-state index < -0.39 is 0 Å². The minimum Gasteiger partial charge on any atom is -0.311 e. The fraction of sp³-hybridized carbons (Fsp3) is 0.700. The molecule has 0 radical (unpaired) electrons. The van der Waals surface area contributed by atoms with Crippen LogP contribution < -0.4 is 10.9 Å². The smallest absolute Gasteiger partial charge is 0.267 e. The lowest BCUT2D eigenvalue weighted by Gasteiger charge is -2.25. The highest BCUT2D eigenvalue weighted by molar-refractivity contribution is 5.21. The van der Waals surface area contributed by atoms with Gasteiger partial charge in [0.05, 0.1) is 11.2 Å². The van der Waals surface area contributed by atoms with Crippen molar-refractivity contribution in [3.8, 4) is 0 Å². The minimum absolute atomic E-state index is 0.0498. The Kier molecular flexibility index (Phi) is 2.03. The molecule has 0 aliphatic carbocycles. The molecule has 0 spiro atoms. The van der Waals surface area contributed by atoms with Gasteiger partial charge in [-0.2, -0.15) is 0 Å². The average molecular weight is 195 g/mol. The summed E-state index contributed by atoms with van der Waals surface area (Å²) in [7, 11) is 0. The summed E-state index contributed by atoms with van der Waals surface area (Å²) in [5.41, 5.74) is 2.11. The Hall–Kier alpha value is -1.03. The first-order valence-corrected chi connectivity index (χ1v) is 5.04. The highest BCUT2D eigenvalue weighted by atomic mass is 16.1. The minimum atomic E-state index is -0.0498. The Morgan fingerprint density at radius 2 is 2.07 bits per heavy atom. The Morgan fingerprint density at radius 1 is 1.36 bits per heavy atom. The first-order valence-electron chi connectivity index (χ1n) is 5.04. The van der Waals surface area contributed by atoms with Gasteiger partial charge in [-0.1, -0.05) is 0 Å². The fourth-order valence-electron chi connectivity index (χ4n) is 1.94. The van der Waals surface area contributed by atoms with Crippen LogP contribution in [0.15, 0.2) is 4.79 Å². The summed E-state index contributed by atoms with van der Waals surface area (Å²) in [6.45, 7) is 7.99. The lowest BCUT2D eigenvalue weighted by molar-refractivity contribution is 0.336. The summed E-state index contributed by atoms with van der Waals surface area (Å²) < 4.78 is 1.98. The molecular formula is C10H17N3O. The van der Waals surface area contributed by atoms with Crippen LogP contribution in [0.25, 0.3) is 0 Å². The Balaban J connectivity index is 2.58. The van der Waals surface area contributed by atoms with Crippen LogP contribution >= 0.6 is 0 Å². The maximum atomic E-state index is 11.6. The predicted octanol–water partition coefficient (Wildman–Crippen LogP) is 0.577. The van der Waals surface area contributed by atoms with Gasteiger partial charge >= 0.3 is 0 Å². The number of hydrogen-bond donors (Lipinski definition) is 2. The second-order valence-corrected chi connectivity index (χ2v) is 4.80. The molecule has 2 heterocycles. The van der Waals surface area contributed by atoms with E-state index in [4.69, 9.17) is 0 Å². The molecule has 2 N–H and O–H groups in total. The van der Waals surface area contributed by atoms with Gasteiger partial charge in [0.15, 0.2) is 0 Å². The SMILES string of the molecule is CC(C)(C)n1[nH]c(=O)c2c1CNCC2. The standard InChI is InChI=1S/C10H17N3O/c1-10(2,3)13-8-6-11-5-4-7(8)9(14)12-13/h11H,4-6H2,1-3H3,(H,12,14). The van der Waals surface area contributed by atoms with Crippen molar-refractivity contribution in [3.63, 3.8) is 0 Å². The molecule has 4 nitrogen and oxygen atoms in total. The second-order valence-electron chi connectivity index (χ2n) is 4.80. The summed E-state index contributed by atoms with van der Waals surface area (Å²) in [5.74, 6) is 0. The number of fused-ring (bicyclic) bond motifs is 1. The topological polar surface area (TPSA) is 49.8 Å². The van der Waals surface area contributed by atoms with Gasteiger partial charge in [0.25, 0.3) is 5.56 Å². The van der Waals surface area contributed by atoms with Gasteiger partial charge < -0.3 is 5.32 Å². The predicted molar refractivity (Wildman–Crippen MR) is 55.5 cm³/mol. The maximum Gasteiger partial charge on any atom is 0.267 e. The largest absolute Gasteiger partial charge is 0.311 e. The molecule has 1 aromatic rings. The fourth-order valence-corrected chi connectivity index (χ4v) is 1.94. The second kappa shape index (κ2) is 2.98. The first kappa shape index (κ1) is 9.52. The molecule has 0 saturated heterocycles. The molecule has 1 aromatic heterocycles. The van der Waals surface area contributed by atoms with Crippen molar-refractivity contribution in [2.24, 2.45) is 0 Å². The first-order chi connectivity index (χ1) is 6.50. The highest BCUT2D eigenvalue weighted by Crippen LogP contribution is 2.18. The molecular weight excluding hydrogens is 178 g/mol. The Bertz CT molecular complexity index is 394. The summed E-state index contributed by atoms with van der Waals surface area (Å²) in [5, 5.41) is 6.20. The van der Waals surface area contributed by atoms with E-state index in [2.05, 4.69) is 31.2 Å². The number of hydrogen-bond acceptors (Lipinski definition) is 2. The van der Waals surface area contributed by atoms with Crippen LogP contribution in [0.1, 0.15) is 32.0 Å². The van der Waals surface area contributed by atoms with E-state index >= 15 is 0 Å². The van der Waals surface area contributed by atoms with Gasteiger partial charge in [0, 0.05) is 12.1 Å². The zero-order valence-corrected chi connectivity index (χ0v) is 8.98. The third-order valence-corrected chi connectivity index (χ3v) is 2.62. The molecule has 0 aromatic carbocycles. The molecule has 0 atom stereocenters. The van der Waals surface area contributed by atoms with Crippen molar-refractivity contribution in [1.29, 1.82) is 0 Å². The highest BCUT2D eigenvalue weighted by Gasteiger charge is 2.23. The molecule has 1 aliphatic heterocycles. The van der Waals surface area contributed by atoms with Crippen LogP contribution in [0.4, 0.5) is 0 Å². The normalized spacial score (nSPS) is 16.8. The van der Waals surface area contributed by atoms with Crippen LogP contribution in [0.3, 0.4) is 0 Å². The van der Waals surface area contributed by atoms with Crippen LogP contribution in [-0.2, 0) is 18.5 Å². The number of H-pyrrole nitrogens is 1. The molecule has 0 saturated carbocycles. The van der Waals surface area contributed by atoms with Gasteiger partial charge in [-0.3, -0.25) is 14.6 Å². The monoisotopic (exact) mass is 195 g/mol. The van der Waals surface area contributed by atoms with Gasteiger partial charge in [0.1, 0.15) is 0 Å². The molecule has 0 bridgehead atoms. The summed E-state index contributed by atoms with van der Waals surface area (Å²) in [6.07, 6.45) is 0.841. The van der Waals surface area contributed by atoms with Crippen molar-refractivity contribution in [2.75, 3.05) is 6.54 Å². The molecule has 0 amide bonds. The number of rotatable bonds is 0. The molecule has 0 unspecified atom stereocenters. The van der Waals surface area contributed by atoms with Gasteiger partial charge in [-0.15, -0.1) is 0 Å². The maximum absolute atomic E-state index is 11.6. The van der Waals surface area contributed by atoms with Crippen LogP contribution in [-0.4, -0.2) is 16.3 Å². The quantitative estimate of drug-likeness (QED) is 0.636. The van der Waals surface area contributed by atoms with E-state index in [9.17, 15) is 4.79 Å². The molecule has 2 rings (SSSR count). The van der Waals surface area contributed by atoms with Gasteiger partial charge in [0.2, 0.25) is 0 Å². The third-order valence-electron chi connectivity index (χ3n) is 2.62. The van der Waals surface area contributed by atoms with Gasteiger partial charge in [-0.25, -0.2) is 0 Å². The molecule has 78 valence electrons. The Morgan fingerprint density at radius 3 is 2.71 bits per heavy atom. The van der Waals surface area contributed by atoms with Crippen LogP contribution in [0.5, 0.6) is 0 Å².